The van der Waals surface area contributed by atoms with Crippen molar-refractivity contribution < 1.29 is 18.3 Å². The van der Waals surface area contributed by atoms with Crippen LogP contribution in [0.25, 0.3) is 5.57 Å². The first-order valence-electron chi connectivity index (χ1n) is 10.1. The molecular weight excluding hydrogens is 402 g/mol. The molecule has 8 heteroatoms. The highest BCUT2D eigenvalue weighted by Crippen LogP contribution is 2.31. The second kappa shape index (κ2) is 9.78. The molecule has 1 aliphatic rings. The summed E-state index contributed by atoms with van der Waals surface area (Å²) in [5, 5.41) is 5.63. The number of anilines is 2. The van der Waals surface area contributed by atoms with Gasteiger partial charge in [-0.3, -0.25) is 4.79 Å². The molecule has 1 fully saturated rings. The third-order valence-corrected chi connectivity index (χ3v) is 5.11. The van der Waals surface area contributed by atoms with Crippen LogP contribution in [0.2, 0.25) is 0 Å². The van der Waals surface area contributed by atoms with Gasteiger partial charge in [0.2, 0.25) is 5.95 Å². The van der Waals surface area contributed by atoms with Crippen molar-refractivity contribution in [1.29, 1.82) is 0 Å². The zero-order valence-electron chi connectivity index (χ0n) is 17.5. The van der Waals surface area contributed by atoms with Crippen LogP contribution in [0, 0.1) is 5.92 Å². The highest BCUT2D eigenvalue weighted by atomic mass is 19.3. The first kappa shape index (κ1) is 22.6. The van der Waals surface area contributed by atoms with E-state index in [1.165, 1.54) is 0 Å². The number of hydrogen-bond acceptors (Lipinski definition) is 5. The van der Waals surface area contributed by atoms with Gasteiger partial charge in [0.25, 0.3) is 5.91 Å². The summed E-state index contributed by atoms with van der Waals surface area (Å²) < 4.78 is 34.4. The molecule has 3 rings (SSSR count). The number of allylic oxidation sites excluding steroid dienone is 2. The highest BCUT2D eigenvalue weighted by molar-refractivity contribution is 5.95. The zero-order chi connectivity index (χ0) is 22.4. The van der Waals surface area contributed by atoms with Crippen LogP contribution >= 0.6 is 0 Å². The molecule has 1 aromatic carbocycles. The molecule has 164 valence electrons. The molecule has 31 heavy (non-hydrogen) atoms. The van der Waals surface area contributed by atoms with Gasteiger partial charge in [0.15, 0.2) is 0 Å². The van der Waals surface area contributed by atoms with E-state index in [1.807, 2.05) is 25.1 Å². The third-order valence-electron chi connectivity index (χ3n) is 5.11. The van der Waals surface area contributed by atoms with Gasteiger partial charge in [0.1, 0.15) is 5.69 Å². The van der Waals surface area contributed by atoms with Gasteiger partial charge in [-0.2, -0.15) is 8.78 Å². The average molecular weight is 428 g/mol. The summed E-state index contributed by atoms with van der Waals surface area (Å²) in [6.45, 7) is 10.6. The number of hydrogen-bond donors (Lipinski definition) is 2. The highest BCUT2D eigenvalue weighted by Gasteiger charge is 2.35. The molecule has 1 saturated heterocycles. The maximum atomic E-state index is 14.5. The maximum absolute atomic E-state index is 14.5. The molecule has 1 aromatic heterocycles. The first-order valence-corrected chi connectivity index (χ1v) is 10.1. The van der Waals surface area contributed by atoms with Gasteiger partial charge in [-0.25, -0.2) is 9.97 Å². The Bertz CT molecular complexity index is 972. The number of rotatable bonds is 8. The topological polar surface area (TPSA) is 76.1 Å². The lowest BCUT2D eigenvalue weighted by molar-refractivity contribution is 0.0454. The van der Waals surface area contributed by atoms with Crippen LogP contribution in [-0.2, 0) is 10.7 Å². The Morgan fingerprint density at radius 3 is 2.77 bits per heavy atom. The van der Waals surface area contributed by atoms with Crippen LogP contribution in [0.1, 0.15) is 41.4 Å². The first-order chi connectivity index (χ1) is 14.8. The molecule has 0 unspecified atom stereocenters. The Hall–Kier alpha value is -3.13. The van der Waals surface area contributed by atoms with Crippen molar-refractivity contribution in [3.05, 3.63) is 66.5 Å². The fourth-order valence-electron chi connectivity index (χ4n) is 3.23. The maximum Gasteiger partial charge on any atom is 0.308 e. The number of benzene rings is 1. The smallest absolute Gasteiger partial charge is 0.308 e. The Balaban J connectivity index is 1.83. The van der Waals surface area contributed by atoms with E-state index in [0.29, 0.717) is 31.5 Å². The summed E-state index contributed by atoms with van der Waals surface area (Å²) in [4.78, 5) is 20.7. The number of ether oxygens (including phenoxy) is 1. The predicted molar refractivity (Wildman–Crippen MR) is 116 cm³/mol. The van der Waals surface area contributed by atoms with E-state index in [9.17, 15) is 13.6 Å². The van der Waals surface area contributed by atoms with E-state index in [0.717, 1.165) is 30.2 Å². The lowest BCUT2D eigenvalue weighted by Crippen LogP contribution is -2.34. The fourth-order valence-corrected chi connectivity index (χ4v) is 3.23. The molecule has 0 saturated carbocycles. The van der Waals surface area contributed by atoms with E-state index >= 15 is 0 Å². The van der Waals surface area contributed by atoms with Crippen LogP contribution < -0.4 is 10.6 Å². The van der Waals surface area contributed by atoms with Crippen molar-refractivity contribution in [2.24, 2.45) is 5.92 Å². The number of carbonyl (C=O) groups is 1. The van der Waals surface area contributed by atoms with Crippen molar-refractivity contribution in [1.82, 2.24) is 15.3 Å². The molecule has 0 aliphatic carbocycles. The zero-order valence-corrected chi connectivity index (χ0v) is 17.5. The van der Waals surface area contributed by atoms with Crippen molar-refractivity contribution >= 4 is 23.1 Å². The average Bonchev–Trinajstić information content (AvgIpc) is 2.78. The van der Waals surface area contributed by atoms with Gasteiger partial charge in [0.05, 0.1) is 5.56 Å². The van der Waals surface area contributed by atoms with Crippen molar-refractivity contribution in [2.75, 3.05) is 25.1 Å². The summed E-state index contributed by atoms with van der Waals surface area (Å²) in [6.07, 6.45) is 3.22. The quantitative estimate of drug-likeness (QED) is 0.597. The molecule has 1 amide bonds. The lowest BCUT2D eigenvalue weighted by Gasteiger charge is -2.22. The number of carbonyl (C=O) groups excluding carboxylic acids is 1. The van der Waals surface area contributed by atoms with Crippen LogP contribution in [0.5, 0.6) is 0 Å². The predicted octanol–water partition coefficient (Wildman–Crippen LogP) is 4.69. The SMILES string of the molecule is C=CC(F)(F)c1nc(Nc2cccc(C(=C)C)c2)ncc1C(=O)NCC1CCOCC1. The van der Waals surface area contributed by atoms with E-state index in [4.69, 9.17) is 4.74 Å². The summed E-state index contributed by atoms with van der Waals surface area (Å²) in [5.41, 5.74) is 1.40. The second-order valence-electron chi connectivity index (χ2n) is 7.53. The fraction of sp³-hybridized carbons (Fsp3) is 0.348. The van der Waals surface area contributed by atoms with Gasteiger partial charge in [0, 0.05) is 31.6 Å². The number of nitrogens with one attached hydrogen (secondary N) is 2. The number of halogens is 2. The third kappa shape index (κ3) is 5.73. The molecule has 1 aliphatic heterocycles. The molecule has 2 N–H and O–H groups in total. The number of aromatic nitrogens is 2. The van der Waals surface area contributed by atoms with Crippen LogP contribution in [0.15, 0.2) is 49.7 Å². The van der Waals surface area contributed by atoms with Crippen molar-refractivity contribution in [2.45, 2.75) is 25.7 Å². The lowest BCUT2D eigenvalue weighted by atomic mass is 10.0. The van der Waals surface area contributed by atoms with E-state index in [-0.39, 0.29) is 17.4 Å². The minimum atomic E-state index is -3.50. The van der Waals surface area contributed by atoms with E-state index in [2.05, 4.69) is 33.8 Å². The van der Waals surface area contributed by atoms with Gasteiger partial charge in [-0.15, -0.1) is 0 Å². The number of amides is 1. The van der Waals surface area contributed by atoms with Gasteiger partial charge < -0.3 is 15.4 Å². The second-order valence-corrected chi connectivity index (χ2v) is 7.53. The Kier molecular flexibility index (Phi) is 7.12. The number of alkyl halides is 2. The van der Waals surface area contributed by atoms with E-state index in [1.54, 1.807) is 6.07 Å². The molecule has 0 bridgehead atoms. The Morgan fingerprint density at radius 2 is 2.10 bits per heavy atom. The molecule has 2 aromatic rings. The van der Waals surface area contributed by atoms with Crippen molar-refractivity contribution in [3.63, 3.8) is 0 Å². The summed E-state index contributed by atoms with van der Waals surface area (Å²) in [5.74, 6) is -3.93. The number of nitrogens with zero attached hydrogens (tertiary/aromatic N) is 2. The summed E-state index contributed by atoms with van der Waals surface area (Å²) >= 11 is 0. The van der Waals surface area contributed by atoms with E-state index < -0.39 is 17.5 Å². The van der Waals surface area contributed by atoms with Gasteiger partial charge >= 0.3 is 5.92 Å². The minimum Gasteiger partial charge on any atom is -0.381 e. The summed E-state index contributed by atoms with van der Waals surface area (Å²) in [7, 11) is 0. The standard InChI is InChI=1S/C23H26F2N4O2/c1-4-23(24,25)20-19(21(30)26-13-16-8-10-31-11-9-16)14-27-22(29-20)28-18-7-5-6-17(12-18)15(2)3/h4-7,12,14,16H,1-2,8-11,13H2,3H3,(H,26,30)(H,27,28,29). The largest absolute Gasteiger partial charge is 0.381 e. The molecule has 2 heterocycles. The van der Waals surface area contributed by atoms with Crippen molar-refractivity contribution in [3.8, 4) is 0 Å². The van der Waals surface area contributed by atoms with Crippen LogP contribution in [-0.4, -0.2) is 35.6 Å². The molecule has 0 spiro atoms. The Morgan fingerprint density at radius 1 is 1.35 bits per heavy atom. The monoisotopic (exact) mass is 428 g/mol. The molecule has 0 radical (unpaired) electrons. The van der Waals surface area contributed by atoms with Gasteiger partial charge in [-0.1, -0.05) is 30.9 Å². The van der Waals surface area contributed by atoms with Gasteiger partial charge in [-0.05, 0) is 49.5 Å². The Labute approximate surface area is 180 Å². The normalized spacial score (nSPS) is 14.7. The molecule has 0 atom stereocenters. The summed E-state index contributed by atoms with van der Waals surface area (Å²) in [6, 6.07) is 7.27. The van der Waals surface area contributed by atoms with Crippen LogP contribution in [0.4, 0.5) is 20.4 Å². The van der Waals surface area contributed by atoms with Crippen LogP contribution in [0.3, 0.4) is 0 Å². The molecular formula is C23H26F2N4O2. The minimum absolute atomic E-state index is 0.0450. The molecule has 6 nitrogen and oxygen atoms in total.